The third-order valence-electron chi connectivity index (χ3n) is 2.73. The Kier molecular flexibility index (Phi) is 2.79. The van der Waals surface area contributed by atoms with Crippen LogP contribution in [0.3, 0.4) is 0 Å². The van der Waals surface area contributed by atoms with Crippen molar-refractivity contribution >= 4 is 33.6 Å². The third-order valence-corrected chi connectivity index (χ3v) is 3.61. The van der Waals surface area contributed by atoms with E-state index in [4.69, 9.17) is 5.73 Å². The fraction of sp³-hybridized carbons (Fsp3) is 0.0769. The highest BCUT2D eigenvalue weighted by Gasteiger charge is 2.04. The number of nitrogens with zero attached hydrogens (tertiary/aromatic N) is 3. The summed E-state index contributed by atoms with van der Waals surface area (Å²) < 4.78 is 16.3. The molecule has 2 heterocycles. The maximum absolute atomic E-state index is 13.9. The highest BCUT2D eigenvalue weighted by Crippen LogP contribution is 2.23. The number of thiophene rings is 1. The minimum atomic E-state index is -0.301. The summed E-state index contributed by atoms with van der Waals surface area (Å²) in [4.78, 5) is 4.02. The van der Waals surface area contributed by atoms with E-state index in [1.54, 1.807) is 23.6 Å². The Morgan fingerprint density at radius 2 is 2.32 bits per heavy atom. The molecule has 0 aliphatic heterocycles. The molecular formula is C13H11FN4S. The van der Waals surface area contributed by atoms with Crippen molar-refractivity contribution in [3.8, 4) is 0 Å². The van der Waals surface area contributed by atoms with Gasteiger partial charge in [0, 0.05) is 10.3 Å². The van der Waals surface area contributed by atoms with Crippen LogP contribution in [0.25, 0.3) is 10.1 Å². The number of fused-ring (bicyclic) bond motifs is 1. The van der Waals surface area contributed by atoms with Gasteiger partial charge in [0.15, 0.2) is 0 Å². The van der Waals surface area contributed by atoms with Crippen LogP contribution in [-0.4, -0.2) is 15.9 Å². The molecule has 3 rings (SSSR count). The predicted molar refractivity (Wildman–Crippen MR) is 76.2 cm³/mol. The summed E-state index contributed by atoms with van der Waals surface area (Å²) >= 11 is 1.57. The van der Waals surface area contributed by atoms with Gasteiger partial charge in [0.05, 0.1) is 18.1 Å². The van der Waals surface area contributed by atoms with Gasteiger partial charge in [-0.1, -0.05) is 0 Å². The first-order valence-corrected chi connectivity index (χ1v) is 6.54. The second kappa shape index (κ2) is 4.47. The van der Waals surface area contributed by atoms with E-state index < -0.39 is 0 Å². The average Bonchev–Trinajstić information content (AvgIpc) is 2.92. The molecule has 1 aromatic carbocycles. The van der Waals surface area contributed by atoms with Gasteiger partial charge >= 0.3 is 0 Å². The lowest BCUT2D eigenvalue weighted by molar-refractivity contribution is 0.627. The topological polar surface area (TPSA) is 56.2 Å². The van der Waals surface area contributed by atoms with Gasteiger partial charge in [0.1, 0.15) is 5.82 Å². The van der Waals surface area contributed by atoms with E-state index in [0.29, 0.717) is 5.56 Å². The van der Waals surface area contributed by atoms with Crippen molar-refractivity contribution in [1.29, 1.82) is 0 Å². The van der Waals surface area contributed by atoms with Crippen LogP contribution < -0.4 is 5.73 Å². The number of rotatable bonds is 2. The first-order valence-electron chi connectivity index (χ1n) is 5.66. The Bertz CT molecular complexity index is 772. The molecule has 6 heteroatoms. The van der Waals surface area contributed by atoms with Crippen molar-refractivity contribution in [1.82, 2.24) is 9.66 Å². The highest BCUT2D eigenvalue weighted by atomic mass is 32.1. The van der Waals surface area contributed by atoms with Gasteiger partial charge in [-0.15, -0.1) is 11.3 Å². The quantitative estimate of drug-likeness (QED) is 0.730. The summed E-state index contributed by atoms with van der Waals surface area (Å²) in [6.07, 6.45) is 3.14. The van der Waals surface area contributed by atoms with Crippen LogP contribution >= 0.6 is 11.3 Å². The molecule has 0 aliphatic rings. The smallest absolute Gasteiger partial charge is 0.221 e. The van der Waals surface area contributed by atoms with Gasteiger partial charge < -0.3 is 5.73 Å². The van der Waals surface area contributed by atoms with Gasteiger partial charge in [0.25, 0.3) is 0 Å². The van der Waals surface area contributed by atoms with Crippen molar-refractivity contribution < 1.29 is 4.39 Å². The van der Waals surface area contributed by atoms with E-state index in [1.165, 1.54) is 17.0 Å². The van der Waals surface area contributed by atoms with Gasteiger partial charge in [-0.3, -0.25) is 0 Å². The Morgan fingerprint density at radius 1 is 1.47 bits per heavy atom. The van der Waals surface area contributed by atoms with Crippen LogP contribution in [0.5, 0.6) is 0 Å². The van der Waals surface area contributed by atoms with Gasteiger partial charge in [-0.25, -0.2) is 14.1 Å². The SMILES string of the molecule is Cc1cn(N=Cc2cc3sccc3cc2F)c(N)n1. The number of aryl methyl sites for hydroxylation is 1. The van der Waals surface area contributed by atoms with Crippen molar-refractivity contribution in [2.24, 2.45) is 5.10 Å². The van der Waals surface area contributed by atoms with Crippen molar-refractivity contribution in [2.75, 3.05) is 5.73 Å². The predicted octanol–water partition coefficient (Wildman–Crippen LogP) is 3.01. The Hall–Kier alpha value is -2.21. The third kappa shape index (κ3) is 2.22. The molecule has 0 amide bonds. The summed E-state index contributed by atoms with van der Waals surface area (Å²) in [6, 6.07) is 5.18. The maximum Gasteiger partial charge on any atom is 0.221 e. The first-order chi connectivity index (χ1) is 9.13. The zero-order valence-corrected chi connectivity index (χ0v) is 11.0. The second-order valence-electron chi connectivity index (χ2n) is 4.16. The van der Waals surface area contributed by atoms with E-state index in [1.807, 2.05) is 18.4 Å². The van der Waals surface area contributed by atoms with Crippen LogP contribution in [0.2, 0.25) is 0 Å². The fourth-order valence-electron chi connectivity index (χ4n) is 1.82. The molecule has 0 spiro atoms. The lowest BCUT2D eigenvalue weighted by atomic mass is 10.2. The molecule has 96 valence electrons. The normalized spacial score (nSPS) is 11.7. The molecule has 2 N–H and O–H groups in total. The zero-order valence-electron chi connectivity index (χ0n) is 10.2. The molecule has 0 unspecified atom stereocenters. The standard InChI is InChI=1S/C13H11FN4S/c1-8-7-18(13(15)17-8)16-6-10-5-12-9(2-3-19-12)4-11(10)14/h2-7H,1H3,(H2,15,17). The largest absolute Gasteiger partial charge is 0.368 e. The number of hydrogen-bond donors (Lipinski definition) is 1. The number of halogens is 1. The van der Waals surface area contributed by atoms with Crippen molar-refractivity contribution in [2.45, 2.75) is 6.92 Å². The Balaban J connectivity index is 2.00. The van der Waals surface area contributed by atoms with E-state index in [0.717, 1.165) is 15.8 Å². The molecule has 19 heavy (non-hydrogen) atoms. The molecule has 2 aromatic heterocycles. The number of benzene rings is 1. The molecule has 0 saturated heterocycles. The van der Waals surface area contributed by atoms with Crippen LogP contribution in [0.15, 0.2) is 34.9 Å². The zero-order chi connectivity index (χ0) is 13.4. The molecule has 0 fully saturated rings. The fourth-order valence-corrected chi connectivity index (χ4v) is 2.64. The lowest BCUT2D eigenvalue weighted by Crippen LogP contribution is -1.97. The Morgan fingerprint density at radius 3 is 3.05 bits per heavy atom. The molecule has 4 nitrogen and oxygen atoms in total. The molecule has 0 saturated carbocycles. The molecule has 0 atom stereocenters. The number of nitrogens with two attached hydrogens (primary N) is 1. The van der Waals surface area contributed by atoms with E-state index in [2.05, 4.69) is 10.1 Å². The minimum absolute atomic E-state index is 0.284. The first kappa shape index (κ1) is 11.9. The number of nitrogen functional groups attached to an aromatic ring is 1. The molecule has 0 bridgehead atoms. The second-order valence-corrected chi connectivity index (χ2v) is 5.11. The van der Waals surface area contributed by atoms with E-state index >= 15 is 0 Å². The number of anilines is 1. The van der Waals surface area contributed by atoms with E-state index in [-0.39, 0.29) is 11.8 Å². The monoisotopic (exact) mass is 274 g/mol. The average molecular weight is 274 g/mol. The summed E-state index contributed by atoms with van der Waals surface area (Å²) in [6.45, 7) is 1.82. The molecule has 0 aliphatic carbocycles. The van der Waals surface area contributed by atoms with Crippen LogP contribution in [0, 0.1) is 12.7 Å². The van der Waals surface area contributed by atoms with Gasteiger partial charge in [-0.2, -0.15) is 5.10 Å². The summed E-state index contributed by atoms with van der Waals surface area (Å²) in [5.74, 6) is -0.0172. The van der Waals surface area contributed by atoms with Gasteiger partial charge in [-0.05, 0) is 35.9 Å². The van der Waals surface area contributed by atoms with E-state index in [9.17, 15) is 4.39 Å². The van der Waals surface area contributed by atoms with Crippen LogP contribution in [0.4, 0.5) is 10.3 Å². The molecule has 0 radical (unpaired) electrons. The Labute approximate surface area is 113 Å². The highest BCUT2D eigenvalue weighted by molar-refractivity contribution is 7.17. The molecule has 3 aromatic rings. The maximum atomic E-state index is 13.9. The minimum Gasteiger partial charge on any atom is -0.368 e. The van der Waals surface area contributed by atoms with Crippen molar-refractivity contribution in [3.05, 3.63) is 46.9 Å². The molecular weight excluding hydrogens is 263 g/mol. The van der Waals surface area contributed by atoms with Gasteiger partial charge in [0.2, 0.25) is 5.95 Å². The number of aromatic nitrogens is 2. The summed E-state index contributed by atoms with van der Waals surface area (Å²) in [7, 11) is 0. The summed E-state index contributed by atoms with van der Waals surface area (Å²) in [5, 5.41) is 6.95. The summed E-state index contributed by atoms with van der Waals surface area (Å²) in [5.41, 5.74) is 6.86. The van der Waals surface area contributed by atoms with Crippen LogP contribution in [0.1, 0.15) is 11.3 Å². The number of hydrogen-bond acceptors (Lipinski definition) is 4. The van der Waals surface area contributed by atoms with Crippen molar-refractivity contribution in [3.63, 3.8) is 0 Å². The lowest BCUT2D eigenvalue weighted by Gasteiger charge is -1.98. The number of imidazole rings is 1. The van der Waals surface area contributed by atoms with Crippen LogP contribution in [-0.2, 0) is 0 Å².